The van der Waals surface area contributed by atoms with Crippen molar-refractivity contribution in [2.24, 2.45) is 17.3 Å². The van der Waals surface area contributed by atoms with Crippen LogP contribution in [0.15, 0.2) is 78.3 Å². The van der Waals surface area contributed by atoms with Crippen LogP contribution in [-0.4, -0.2) is 82.5 Å². The average Bonchev–Trinajstić information content (AvgIpc) is 4.14. The van der Waals surface area contributed by atoms with Crippen molar-refractivity contribution in [3.8, 4) is 23.0 Å². The second-order valence-corrected chi connectivity index (χ2v) is 20.7. The summed E-state index contributed by atoms with van der Waals surface area (Å²) in [5.41, 5.74) is -0.0560. The molecule has 5 atom stereocenters. The van der Waals surface area contributed by atoms with Crippen LogP contribution < -0.4 is 14.2 Å². The number of likely N-dealkylation sites (tertiary alicyclic amines) is 1. The van der Waals surface area contributed by atoms with Crippen LogP contribution in [0, 0.1) is 17.3 Å². The summed E-state index contributed by atoms with van der Waals surface area (Å²) in [6.07, 6.45) is 6.80. The molecule has 15 heteroatoms. The third-order valence-electron chi connectivity index (χ3n) is 12.1. The zero-order valence-corrected chi connectivity index (χ0v) is 38.3. The van der Waals surface area contributed by atoms with E-state index in [1.54, 1.807) is 26.8 Å². The Kier molecular flexibility index (Phi) is 13.7. The Hall–Kier alpha value is -5.57. The molecule has 2 aliphatic carbocycles. The largest absolute Gasteiger partial charge is 0.491 e. The lowest BCUT2D eigenvalue weighted by Gasteiger charge is -2.29. The lowest BCUT2D eigenvalue weighted by molar-refractivity contribution is -0.159. The van der Waals surface area contributed by atoms with E-state index >= 15 is 0 Å². The van der Waals surface area contributed by atoms with Gasteiger partial charge in [-0.3, -0.25) is 23.9 Å². The fraction of sp³-hybridized carbons (Fsp3) is 0.510. The molecule has 342 valence electrons. The number of esters is 1. The van der Waals surface area contributed by atoms with E-state index in [0.29, 0.717) is 59.5 Å². The number of unbranched alkanes of at least 4 members (excludes halogenated alkanes) is 3. The standard InChI is InChI=1S/C49H60N4O10S/c1-8-10-11-12-13-16-32(25-41(55)63-48(5,6)7)46(56)53-29-35(26-38(53)39(54)28-49(27-33(49)9-2)47(57)52-64(58,59)36-23-24-36)61-45-43-42(37-17-14-15-18-40(37)62-43)50-44(51-45)31-19-21-34(22-20-31)60-30(3)4/h8-9,14-15,17-22,30,32-33,35-36,38H,1-2,10-13,16,23-29H2,3-7H3,(H,52,57)/t32-,33-,35-,38+,49-/m1/s1. The van der Waals surface area contributed by atoms with Gasteiger partial charge in [-0.1, -0.05) is 37.1 Å². The number of amides is 2. The molecule has 2 aromatic heterocycles. The van der Waals surface area contributed by atoms with Gasteiger partial charge in [0, 0.05) is 29.7 Å². The number of benzene rings is 2. The molecule has 1 saturated heterocycles. The number of nitrogens with one attached hydrogen (secondary N) is 1. The summed E-state index contributed by atoms with van der Waals surface area (Å²) >= 11 is 0. The molecule has 0 unspecified atom stereocenters. The first-order chi connectivity index (χ1) is 30.4. The van der Waals surface area contributed by atoms with E-state index in [-0.39, 0.29) is 44.2 Å². The summed E-state index contributed by atoms with van der Waals surface area (Å²) < 4.78 is 52.6. The van der Waals surface area contributed by atoms with E-state index in [4.69, 9.17) is 28.6 Å². The maximum Gasteiger partial charge on any atom is 0.307 e. The Bertz CT molecular complexity index is 2520. The number of nitrogens with zero attached hydrogens (tertiary/aromatic N) is 3. The highest BCUT2D eigenvalue weighted by Crippen LogP contribution is 2.57. The minimum Gasteiger partial charge on any atom is -0.491 e. The van der Waals surface area contributed by atoms with Crippen LogP contribution >= 0.6 is 0 Å². The number of ketones is 1. The van der Waals surface area contributed by atoms with Gasteiger partial charge in [0.2, 0.25) is 27.4 Å². The van der Waals surface area contributed by atoms with Gasteiger partial charge in [-0.25, -0.2) is 13.4 Å². The summed E-state index contributed by atoms with van der Waals surface area (Å²) in [4.78, 5) is 68.0. The molecule has 0 bridgehead atoms. The molecule has 0 spiro atoms. The van der Waals surface area contributed by atoms with Crippen molar-refractivity contribution in [3.63, 3.8) is 0 Å². The minimum atomic E-state index is -3.90. The van der Waals surface area contributed by atoms with Crippen molar-refractivity contribution in [1.82, 2.24) is 19.6 Å². The van der Waals surface area contributed by atoms with E-state index in [0.717, 1.165) is 24.6 Å². The third-order valence-corrected chi connectivity index (χ3v) is 13.9. The van der Waals surface area contributed by atoms with Crippen LogP contribution in [0.1, 0.15) is 105 Å². The number of para-hydroxylation sites is 1. The maximum atomic E-state index is 14.9. The van der Waals surface area contributed by atoms with Crippen LogP contribution in [0.3, 0.4) is 0 Å². The van der Waals surface area contributed by atoms with Gasteiger partial charge in [0.15, 0.2) is 11.6 Å². The molecule has 3 aliphatic rings. The summed E-state index contributed by atoms with van der Waals surface area (Å²) in [6, 6.07) is 13.8. The van der Waals surface area contributed by atoms with Crippen molar-refractivity contribution in [1.29, 1.82) is 0 Å². The molecule has 4 aromatic rings. The molecule has 0 radical (unpaired) electrons. The Labute approximate surface area is 375 Å². The number of rotatable bonds is 21. The molecule has 2 amide bonds. The number of hydrogen-bond donors (Lipinski definition) is 1. The second-order valence-electron chi connectivity index (χ2n) is 18.7. The van der Waals surface area contributed by atoms with Crippen molar-refractivity contribution < 1.29 is 46.2 Å². The van der Waals surface area contributed by atoms with Crippen LogP contribution in [0.4, 0.5) is 0 Å². The van der Waals surface area contributed by atoms with Gasteiger partial charge >= 0.3 is 5.97 Å². The number of allylic oxidation sites excluding steroid dienone is 2. The van der Waals surface area contributed by atoms with Gasteiger partial charge in [-0.15, -0.1) is 13.2 Å². The van der Waals surface area contributed by atoms with Crippen molar-refractivity contribution in [2.75, 3.05) is 6.54 Å². The zero-order valence-electron chi connectivity index (χ0n) is 37.5. The van der Waals surface area contributed by atoms with Crippen LogP contribution in [-0.2, 0) is 33.9 Å². The van der Waals surface area contributed by atoms with Crippen LogP contribution in [0.5, 0.6) is 11.6 Å². The summed E-state index contributed by atoms with van der Waals surface area (Å²) in [5.74, 6) is -2.20. The van der Waals surface area contributed by atoms with Gasteiger partial charge in [-0.05, 0) is 115 Å². The van der Waals surface area contributed by atoms with Gasteiger partial charge in [0.1, 0.15) is 28.6 Å². The van der Waals surface area contributed by atoms with Crippen molar-refractivity contribution >= 4 is 55.7 Å². The molecule has 3 heterocycles. The SMILES string of the molecule is C=CCCCCC[C@H](CC(=O)OC(C)(C)C)C(=O)N1C[C@H](Oc2nc(-c3ccc(OC(C)C)cc3)nc3c2oc2ccccc23)C[C@H]1C(=O)C[C@]1(C(=O)NS(=O)(=O)C2CC2)C[C@H]1C=C. The molecule has 2 aromatic carbocycles. The van der Waals surface area contributed by atoms with Gasteiger partial charge < -0.3 is 23.5 Å². The number of furan rings is 1. The summed E-state index contributed by atoms with van der Waals surface area (Å²) in [7, 11) is -3.90. The second kappa shape index (κ2) is 18.9. The molecular formula is C49H60N4O10S. The monoisotopic (exact) mass is 896 g/mol. The number of sulfonamides is 1. The fourth-order valence-corrected chi connectivity index (χ4v) is 10.0. The molecule has 7 rings (SSSR count). The minimum absolute atomic E-state index is 0.0157. The predicted octanol–water partition coefficient (Wildman–Crippen LogP) is 8.42. The van der Waals surface area contributed by atoms with E-state index in [1.165, 1.54) is 4.90 Å². The fourth-order valence-electron chi connectivity index (χ4n) is 8.62. The van der Waals surface area contributed by atoms with Gasteiger partial charge in [0.25, 0.3) is 5.88 Å². The average molecular weight is 897 g/mol. The zero-order chi connectivity index (χ0) is 46.0. The van der Waals surface area contributed by atoms with Crippen LogP contribution in [0.25, 0.3) is 33.5 Å². The Morgan fingerprint density at radius 2 is 1.75 bits per heavy atom. The molecular weight excluding hydrogens is 837 g/mol. The molecule has 2 saturated carbocycles. The van der Waals surface area contributed by atoms with E-state index in [2.05, 4.69) is 17.9 Å². The van der Waals surface area contributed by atoms with Gasteiger partial charge in [-0.2, -0.15) is 4.98 Å². The Morgan fingerprint density at radius 3 is 2.41 bits per heavy atom. The Balaban J connectivity index is 1.23. The first-order valence-electron chi connectivity index (χ1n) is 22.4. The van der Waals surface area contributed by atoms with Crippen molar-refractivity contribution in [3.05, 3.63) is 73.8 Å². The number of fused-ring (bicyclic) bond motifs is 3. The first kappa shape index (κ1) is 46.4. The normalized spacial score (nSPS) is 21.4. The highest BCUT2D eigenvalue weighted by atomic mass is 32.2. The number of aromatic nitrogens is 2. The van der Waals surface area contributed by atoms with Gasteiger partial charge in [0.05, 0.1) is 35.8 Å². The number of carbonyl (C=O) groups excluding carboxylic acids is 4. The highest BCUT2D eigenvalue weighted by Gasteiger charge is 2.61. The number of Topliss-reactive ketones (excluding diaryl/α,β-unsaturated/α-hetero) is 1. The van der Waals surface area contributed by atoms with Crippen LogP contribution in [0.2, 0.25) is 0 Å². The molecule has 14 nitrogen and oxygen atoms in total. The number of ether oxygens (including phenoxy) is 3. The number of carbonyl (C=O) groups is 4. The summed E-state index contributed by atoms with van der Waals surface area (Å²) in [6.45, 7) is 16.8. The smallest absolute Gasteiger partial charge is 0.307 e. The first-order valence-corrected chi connectivity index (χ1v) is 23.9. The quantitative estimate of drug-likeness (QED) is 0.0479. The predicted molar refractivity (Wildman–Crippen MR) is 243 cm³/mol. The third kappa shape index (κ3) is 10.7. The van der Waals surface area contributed by atoms with E-state index < -0.39 is 73.8 Å². The summed E-state index contributed by atoms with van der Waals surface area (Å²) in [5, 5.41) is 0.108. The Morgan fingerprint density at radius 1 is 1.02 bits per heavy atom. The van der Waals surface area contributed by atoms with E-state index in [9.17, 15) is 27.6 Å². The maximum absolute atomic E-state index is 14.9. The topological polar surface area (TPSA) is 184 Å². The molecule has 3 fully saturated rings. The molecule has 1 N–H and O–H groups in total. The van der Waals surface area contributed by atoms with E-state index in [1.807, 2.05) is 68.5 Å². The molecule has 64 heavy (non-hydrogen) atoms. The highest BCUT2D eigenvalue weighted by molar-refractivity contribution is 7.90. The molecule has 1 aliphatic heterocycles. The number of hydrogen-bond acceptors (Lipinski definition) is 12. The lowest BCUT2D eigenvalue weighted by atomic mass is 9.90. The van der Waals surface area contributed by atoms with Crippen molar-refractivity contribution in [2.45, 2.75) is 134 Å². The lowest BCUT2D eigenvalue weighted by Crippen LogP contribution is -2.46.